The Labute approximate surface area is 133 Å². The van der Waals surface area contributed by atoms with Crippen molar-refractivity contribution in [2.45, 2.75) is 13.0 Å². The standard InChI is InChI=1S/C17H16FNO4/c1-11(16(20)19-13-9-7-12(18)8-10-13)23-17(21)14-5-3-4-6-15(14)22-2/h3-11H,1-2H3,(H,19,20)/t11-/m1/s1. The lowest BCUT2D eigenvalue weighted by molar-refractivity contribution is -0.123. The van der Waals surface area contributed by atoms with Gasteiger partial charge in [-0.2, -0.15) is 0 Å². The number of methoxy groups -OCH3 is 1. The van der Waals surface area contributed by atoms with Crippen molar-refractivity contribution in [3.8, 4) is 5.75 Å². The Bertz CT molecular complexity index is 700. The highest BCUT2D eigenvalue weighted by Gasteiger charge is 2.21. The Balaban J connectivity index is 2.00. The molecule has 5 nitrogen and oxygen atoms in total. The van der Waals surface area contributed by atoms with E-state index >= 15 is 0 Å². The molecule has 2 aromatic carbocycles. The van der Waals surface area contributed by atoms with Gasteiger partial charge in [0.15, 0.2) is 6.10 Å². The van der Waals surface area contributed by atoms with E-state index in [0.29, 0.717) is 11.4 Å². The Morgan fingerprint density at radius 3 is 2.39 bits per heavy atom. The normalized spacial score (nSPS) is 11.4. The van der Waals surface area contributed by atoms with E-state index in [9.17, 15) is 14.0 Å². The molecule has 0 saturated heterocycles. The quantitative estimate of drug-likeness (QED) is 0.861. The summed E-state index contributed by atoms with van der Waals surface area (Å²) in [6.45, 7) is 1.45. The van der Waals surface area contributed by atoms with Crippen LogP contribution in [0.2, 0.25) is 0 Å². The van der Waals surface area contributed by atoms with E-state index in [-0.39, 0.29) is 5.56 Å². The molecule has 2 aromatic rings. The number of anilines is 1. The number of para-hydroxylation sites is 1. The zero-order valence-electron chi connectivity index (χ0n) is 12.7. The molecule has 0 spiro atoms. The van der Waals surface area contributed by atoms with Crippen LogP contribution in [0.5, 0.6) is 5.75 Å². The molecule has 0 aliphatic rings. The summed E-state index contributed by atoms with van der Waals surface area (Å²) < 4.78 is 23.0. The molecule has 0 heterocycles. The number of carbonyl (C=O) groups is 2. The molecule has 0 unspecified atom stereocenters. The predicted octanol–water partition coefficient (Wildman–Crippen LogP) is 3.02. The first-order valence-corrected chi connectivity index (χ1v) is 6.91. The minimum atomic E-state index is -1.02. The van der Waals surface area contributed by atoms with Crippen molar-refractivity contribution >= 4 is 17.6 Å². The Hall–Kier alpha value is -2.89. The van der Waals surface area contributed by atoms with Crippen LogP contribution in [-0.4, -0.2) is 25.1 Å². The lowest BCUT2D eigenvalue weighted by Gasteiger charge is -2.14. The zero-order valence-corrected chi connectivity index (χ0v) is 12.7. The fraction of sp³-hybridized carbons (Fsp3) is 0.176. The summed E-state index contributed by atoms with van der Waals surface area (Å²) in [6.07, 6.45) is -1.02. The van der Waals surface area contributed by atoms with Crippen molar-refractivity contribution in [3.63, 3.8) is 0 Å². The Morgan fingerprint density at radius 2 is 1.74 bits per heavy atom. The number of benzene rings is 2. The molecule has 0 fully saturated rings. The third-order valence-electron chi connectivity index (χ3n) is 3.09. The third kappa shape index (κ3) is 4.29. The number of hydrogen-bond donors (Lipinski definition) is 1. The van der Waals surface area contributed by atoms with Gasteiger partial charge in [0.25, 0.3) is 5.91 Å². The van der Waals surface area contributed by atoms with Crippen LogP contribution in [0.25, 0.3) is 0 Å². The van der Waals surface area contributed by atoms with Crippen LogP contribution in [0.15, 0.2) is 48.5 Å². The molecule has 0 bridgehead atoms. The van der Waals surface area contributed by atoms with Gasteiger partial charge in [0.05, 0.1) is 7.11 Å². The number of ether oxygens (including phenoxy) is 2. The number of halogens is 1. The maximum atomic E-state index is 12.8. The molecule has 0 aliphatic heterocycles. The van der Waals surface area contributed by atoms with Gasteiger partial charge >= 0.3 is 5.97 Å². The van der Waals surface area contributed by atoms with Gasteiger partial charge in [-0.1, -0.05) is 12.1 Å². The van der Waals surface area contributed by atoms with Gasteiger partial charge in [0.1, 0.15) is 17.1 Å². The van der Waals surface area contributed by atoms with Gasteiger partial charge in [-0.25, -0.2) is 9.18 Å². The van der Waals surface area contributed by atoms with E-state index in [1.807, 2.05) is 0 Å². The average Bonchev–Trinajstić information content (AvgIpc) is 2.56. The summed E-state index contributed by atoms with van der Waals surface area (Å²) in [5.41, 5.74) is 0.646. The number of amides is 1. The number of hydrogen-bond acceptors (Lipinski definition) is 4. The number of carbonyl (C=O) groups excluding carboxylic acids is 2. The summed E-state index contributed by atoms with van der Waals surface area (Å²) in [6, 6.07) is 11.8. The molecule has 1 amide bonds. The molecular formula is C17H16FNO4. The van der Waals surface area contributed by atoms with Crippen LogP contribution in [0, 0.1) is 5.82 Å². The highest BCUT2D eigenvalue weighted by atomic mass is 19.1. The molecule has 0 aromatic heterocycles. The second-order valence-electron chi connectivity index (χ2n) is 4.74. The van der Waals surface area contributed by atoms with Crippen molar-refractivity contribution in [3.05, 3.63) is 59.9 Å². The Kier molecular flexibility index (Phi) is 5.30. The fourth-order valence-corrected chi connectivity index (χ4v) is 1.87. The van der Waals surface area contributed by atoms with Gasteiger partial charge in [-0.05, 0) is 43.3 Å². The summed E-state index contributed by atoms with van der Waals surface area (Å²) in [7, 11) is 1.44. The van der Waals surface area contributed by atoms with Crippen molar-refractivity contribution in [2.24, 2.45) is 0 Å². The number of rotatable bonds is 5. The SMILES string of the molecule is COc1ccccc1C(=O)O[C@H](C)C(=O)Nc1ccc(F)cc1. The second-order valence-corrected chi connectivity index (χ2v) is 4.74. The summed E-state index contributed by atoms with van der Waals surface area (Å²) >= 11 is 0. The van der Waals surface area contributed by atoms with E-state index in [0.717, 1.165) is 0 Å². The topological polar surface area (TPSA) is 64.6 Å². The van der Waals surface area contributed by atoms with Crippen LogP contribution < -0.4 is 10.1 Å². The van der Waals surface area contributed by atoms with Gasteiger partial charge in [0.2, 0.25) is 0 Å². The molecule has 0 saturated carbocycles. The summed E-state index contributed by atoms with van der Waals surface area (Å²) in [5.74, 6) is -1.22. The summed E-state index contributed by atoms with van der Waals surface area (Å²) in [4.78, 5) is 24.1. The molecule has 6 heteroatoms. The predicted molar refractivity (Wildman–Crippen MR) is 82.9 cm³/mol. The first-order chi connectivity index (χ1) is 11.0. The smallest absolute Gasteiger partial charge is 0.342 e. The maximum absolute atomic E-state index is 12.8. The minimum absolute atomic E-state index is 0.233. The number of esters is 1. The highest BCUT2D eigenvalue weighted by molar-refractivity contribution is 5.98. The van der Waals surface area contributed by atoms with Crippen LogP contribution in [0.3, 0.4) is 0 Å². The largest absolute Gasteiger partial charge is 0.496 e. The van der Waals surface area contributed by atoms with E-state index < -0.39 is 23.8 Å². The first-order valence-electron chi connectivity index (χ1n) is 6.91. The van der Waals surface area contributed by atoms with Crippen molar-refractivity contribution in [1.82, 2.24) is 0 Å². The van der Waals surface area contributed by atoms with E-state index in [4.69, 9.17) is 9.47 Å². The lowest BCUT2D eigenvalue weighted by Crippen LogP contribution is -2.30. The molecule has 2 rings (SSSR count). The molecule has 23 heavy (non-hydrogen) atoms. The van der Waals surface area contributed by atoms with Crippen molar-refractivity contribution in [2.75, 3.05) is 12.4 Å². The average molecular weight is 317 g/mol. The van der Waals surface area contributed by atoms with Crippen LogP contribution in [-0.2, 0) is 9.53 Å². The van der Waals surface area contributed by atoms with Crippen LogP contribution in [0.4, 0.5) is 10.1 Å². The highest BCUT2D eigenvalue weighted by Crippen LogP contribution is 2.19. The fourth-order valence-electron chi connectivity index (χ4n) is 1.87. The van der Waals surface area contributed by atoms with E-state index in [2.05, 4.69) is 5.32 Å². The monoisotopic (exact) mass is 317 g/mol. The molecule has 0 aliphatic carbocycles. The van der Waals surface area contributed by atoms with Gasteiger partial charge < -0.3 is 14.8 Å². The minimum Gasteiger partial charge on any atom is -0.496 e. The zero-order chi connectivity index (χ0) is 16.8. The third-order valence-corrected chi connectivity index (χ3v) is 3.09. The Morgan fingerprint density at radius 1 is 1.09 bits per heavy atom. The maximum Gasteiger partial charge on any atom is 0.342 e. The van der Waals surface area contributed by atoms with Crippen LogP contribution >= 0.6 is 0 Å². The van der Waals surface area contributed by atoms with Gasteiger partial charge in [0, 0.05) is 5.69 Å². The summed E-state index contributed by atoms with van der Waals surface area (Å²) in [5, 5.41) is 2.54. The molecule has 1 atom stereocenters. The van der Waals surface area contributed by atoms with Crippen LogP contribution in [0.1, 0.15) is 17.3 Å². The molecule has 0 radical (unpaired) electrons. The van der Waals surface area contributed by atoms with E-state index in [1.54, 1.807) is 24.3 Å². The molecular weight excluding hydrogens is 301 g/mol. The first kappa shape index (κ1) is 16.5. The second kappa shape index (κ2) is 7.40. The van der Waals surface area contributed by atoms with Crippen molar-refractivity contribution < 1.29 is 23.5 Å². The number of nitrogens with one attached hydrogen (secondary N) is 1. The molecule has 1 N–H and O–H groups in total. The van der Waals surface area contributed by atoms with Gasteiger partial charge in [-0.15, -0.1) is 0 Å². The lowest BCUT2D eigenvalue weighted by atomic mass is 10.2. The van der Waals surface area contributed by atoms with E-state index in [1.165, 1.54) is 38.3 Å². The molecule has 120 valence electrons. The van der Waals surface area contributed by atoms with Crippen molar-refractivity contribution in [1.29, 1.82) is 0 Å². The van der Waals surface area contributed by atoms with Gasteiger partial charge in [-0.3, -0.25) is 4.79 Å².